The SMILES string of the molecule is COc1c(C(CO[Si](c2ccccc2)(c2ccccc2)C(C)(C)C)NC(=O)COC(C)=O)cccc1[N+](=O)[O-]. The quantitative estimate of drug-likeness (QED) is 0.167. The molecule has 206 valence electrons. The van der Waals surface area contributed by atoms with Crippen LogP contribution in [0.15, 0.2) is 78.9 Å². The van der Waals surface area contributed by atoms with Crippen LogP contribution in [-0.2, 0) is 18.8 Å². The summed E-state index contributed by atoms with van der Waals surface area (Å²) in [6.07, 6.45) is 0. The molecule has 0 aromatic heterocycles. The number of amides is 1. The predicted molar refractivity (Wildman–Crippen MR) is 151 cm³/mol. The number of benzene rings is 3. The van der Waals surface area contributed by atoms with E-state index in [0.717, 1.165) is 10.4 Å². The van der Waals surface area contributed by atoms with Gasteiger partial charge >= 0.3 is 11.7 Å². The summed E-state index contributed by atoms with van der Waals surface area (Å²) in [5, 5.41) is 16.3. The van der Waals surface area contributed by atoms with Gasteiger partial charge in [-0.1, -0.05) is 93.6 Å². The summed E-state index contributed by atoms with van der Waals surface area (Å²) in [7, 11) is -1.67. The van der Waals surface area contributed by atoms with Crippen molar-refractivity contribution in [1.82, 2.24) is 5.32 Å². The molecular weight excluding hydrogens is 516 g/mol. The second-order valence-corrected chi connectivity index (χ2v) is 14.3. The number of nitrogens with zero attached hydrogens (tertiary/aromatic N) is 1. The van der Waals surface area contributed by atoms with E-state index in [4.69, 9.17) is 13.9 Å². The number of carbonyl (C=O) groups is 2. The molecule has 9 nitrogen and oxygen atoms in total. The number of methoxy groups -OCH3 is 1. The monoisotopic (exact) mass is 550 g/mol. The van der Waals surface area contributed by atoms with Crippen molar-refractivity contribution in [3.63, 3.8) is 0 Å². The molecule has 10 heteroatoms. The lowest BCUT2D eigenvalue weighted by Gasteiger charge is -2.43. The van der Waals surface area contributed by atoms with E-state index in [9.17, 15) is 19.7 Å². The second kappa shape index (κ2) is 12.7. The number of nitro benzene ring substituents is 1. The van der Waals surface area contributed by atoms with E-state index in [1.807, 2.05) is 60.7 Å². The van der Waals surface area contributed by atoms with Crippen LogP contribution >= 0.6 is 0 Å². The van der Waals surface area contributed by atoms with Gasteiger partial charge < -0.3 is 19.2 Å². The highest BCUT2D eigenvalue weighted by Crippen LogP contribution is 2.39. The van der Waals surface area contributed by atoms with Crippen molar-refractivity contribution in [2.45, 2.75) is 38.8 Å². The van der Waals surface area contributed by atoms with Gasteiger partial charge in [0.1, 0.15) is 0 Å². The molecule has 0 saturated heterocycles. The Morgan fingerprint density at radius 1 is 0.949 bits per heavy atom. The smallest absolute Gasteiger partial charge is 0.311 e. The van der Waals surface area contributed by atoms with Crippen molar-refractivity contribution in [3.05, 3.63) is 94.5 Å². The maximum absolute atomic E-state index is 12.8. The molecule has 0 aliphatic rings. The topological polar surface area (TPSA) is 117 Å². The normalized spacial score (nSPS) is 12.3. The minimum absolute atomic E-state index is 0.0172. The predicted octanol–water partition coefficient (Wildman–Crippen LogP) is 3.90. The summed E-state index contributed by atoms with van der Waals surface area (Å²) < 4.78 is 17.3. The van der Waals surface area contributed by atoms with Crippen LogP contribution in [0.2, 0.25) is 5.04 Å². The lowest BCUT2D eigenvalue weighted by molar-refractivity contribution is -0.385. The van der Waals surface area contributed by atoms with Gasteiger partial charge in [-0.05, 0) is 15.4 Å². The Morgan fingerprint density at radius 2 is 1.51 bits per heavy atom. The molecule has 1 N–H and O–H groups in total. The van der Waals surface area contributed by atoms with E-state index in [1.165, 1.54) is 26.2 Å². The van der Waals surface area contributed by atoms with E-state index in [1.54, 1.807) is 6.07 Å². The fourth-order valence-electron chi connectivity index (χ4n) is 4.77. The van der Waals surface area contributed by atoms with Crippen molar-refractivity contribution < 1.29 is 28.4 Å². The molecule has 0 radical (unpaired) electrons. The molecule has 3 aromatic rings. The van der Waals surface area contributed by atoms with Crippen molar-refractivity contribution in [3.8, 4) is 5.75 Å². The number of rotatable bonds is 11. The van der Waals surface area contributed by atoms with E-state index < -0.39 is 37.8 Å². The third-order valence-corrected chi connectivity index (χ3v) is 11.4. The third kappa shape index (κ3) is 6.71. The molecule has 1 unspecified atom stereocenters. The van der Waals surface area contributed by atoms with E-state index in [2.05, 4.69) is 26.1 Å². The Labute approximate surface area is 229 Å². The third-order valence-electron chi connectivity index (χ3n) is 6.43. The van der Waals surface area contributed by atoms with Gasteiger partial charge in [0, 0.05) is 18.6 Å². The first-order valence-electron chi connectivity index (χ1n) is 12.5. The molecule has 0 spiro atoms. The first-order chi connectivity index (χ1) is 18.5. The maximum atomic E-state index is 12.8. The number of esters is 1. The molecule has 3 aromatic carbocycles. The molecule has 3 rings (SSSR count). The van der Waals surface area contributed by atoms with Crippen LogP contribution in [0.1, 0.15) is 39.3 Å². The molecule has 0 aliphatic carbocycles. The average molecular weight is 551 g/mol. The minimum Gasteiger partial charge on any atom is -0.490 e. The number of para-hydroxylation sites is 1. The molecule has 0 fully saturated rings. The summed E-state index contributed by atoms with van der Waals surface area (Å²) >= 11 is 0. The fraction of sp³-hybridized carbons (Fsp3) is 0.310. The van der Waals surface area contributed by atoms with Gasteiger partial charge in [0.2, 0.25) is 5.75 Å². The molecule has 1 amide bonds. The second-order valence-electron chi connectivity index (χ2n) is 10.0. The van der Waals surface area contributed by atoms with Crippen LogP contribution in [0.5, 0.6) is 5.75 Å². The minimum atomic E-state index is -3.01. The van der Waals surface area contributed by atoms with Crippen LogP contribution < -0.4 is 20.4 Å². The van der Waals surface area contributed by atoms with Gasteiger partial charge in [-0.15, -0.1) is 0 Å². The van der Waals surface area contributed by atoms with E-state index in [-0.39, 0.29) is 23.1 Å². The van der Waals surface area contributed by atoms with Crippen molar-refractivity contribution >= 4 is 36.3 Å². The number of nitrogens with one attached hydrogen (secondary N) is 1. The summed E-state index contributed by atoms with van der Waals surface area (Å²) in [5.74, 6) is -1.15. The zero-order valence-corrected chi connectivity index (χ0v) is 23.8. The lowest BCUT2D eigenvalue weighted by atomic mass is 10.0. The molecular formula is C29H34N2O7Si. The van der Waals surface area contributed by atoms with Crippen molar-refractivity contribution in [2.24, 2.45) is 0 Å². The summed E-state index contributed by atoms with van der Waals surface area (Å²) in [5.41, 5.74) is 0.139. The fourth-order valence-corrected chi connectivity index (χ4v) is 9.34. The zero-order valence-electron chi connectivity index (χ0n) is 22.8. The van der Waals surface area contributed by atoms with Crippen LogP contribution in [0.25, 0.3) is 0 Å². The van der Waals surface area contributed by atoms with E-state index in [0.29, 0.717) is 5.56 Å². The highest BCUT2D eigenvalue weighted by Gasteiger charge is 2.50. The Hall–Kier alpha value is -4.02. The largest absolute Gasteiger partial charge is 0.490 e. The van der Waals surface area contributed by atoms with Gasteiger partial charge in [-0.3, -0.25) is 19.7 Å². The summed E-state index contributed by atoms with van der Waals surface area (Å²) in [6, 6.07) is 23.6. The first-order valence-corrected chi connectivity index (χ1v) is 14.4. The zero-order chi connectivity index (χ0) is 28.6. The van der Waals surface area contributed by atoms with Crippen LogP contribution in [0, 0.1) is 10.1 Å². The van der Waals surface area contributed by atoms with Gasteiger partial charge in [-0.2, -0.15) is 0 Å². The van der Waals surface area contributed by atoms with Crippen molar-refractivity contribution in [2.75, 3.05) is 20.3 Å². The Kier molecular flexibility index (Phi) is 9.60. The van der Waals surface area contributed by atoms with Gasteiger partial charge in [-0.25, -0.2) is 0 Å². The van der Waals surface area contributed by atoms with E-state index >= 15 is 0 Å². The van der Waals surface area contributed by atoms with Gasteiger partial charge in [0.05, 0.1) is 24.7 Å². The molecule has 0 heterocycles. The molecule has 1 atom stereocenters. The van der Waals surface area contributed by atoms with Crippen molar-refractivity contribution in [1.29, 1.82) is 0 Å². The van der Waals surface area contributed by atoms with Crippen LogP contribution in [-0.4, -0.2) is 45.4 Å². The molecule has 0 bridgehead atoms. The number of ether oxygens (including phenoxy) is 2. The maximum Gasteiger partial charge on any atom is 0.311 e. The molecule has 0 aliphatic heterocycles. The Morgan fingerprint density at radius 3 is 1.97 bits per heavy atom. The number of hydrogen-bond donors (Lipinski definition) is 1. The molecule has 39 heavy (non-hydrogen) atoms. The Bertz CT molecular complexity index is 1250. The highest BCUT2D eigenvalue weighted by molar-refractivity contribution is 6.99. The highest BCUT2D eigenvalue weighted by atomic mass is 28.4. The summed E-state index contributed by atoms with van der Waals surface area (Å²) in [4.78, 5) is 35.3. The van der Waals surface area contributed by atoms with Crippen LogP contribution in [0.3, 0.4) is 0 Å². The standard InChI is InChI=1S/C29H34N2O7Si/c1-21(32)37-20-27(33)30-25(24-17-12-18-26(31(34)35)28(24)36-5)19-38-39(29(2,3)4,22-13-8-6-9-14-22)23-15-10-7-11-16-23/h6-18,25H,19-20H2,1-5H3,(H,30,33). The molecule has 0 saturated carbocycles. The lowest BCUT2D eigenvalue weighted by Crippen LogP contribution is -2.67. The average Bonchev–Trinajstić information content (AvgIpc) is 2.91. The number of hydrogen-bond acceptors (Lipinski definition) is 7. The number of nitro groups is 1. The Balaban J connectivity index is 2.13. The van der Waals surface area contributed by atoms with Gasteiger partial charge in [0.25, 0.3) is 14.2 Å². The van der Waals surface area contributed by atoms with Crippen LogP contribution in [0.4, 0.5) is 5.69 Å². The number of carbonyl (C=O) groups excluding carboxylic acids is 2. The summed E-state index contributed by atoms with van der Waals surface area (Å²) in [6.45, 7) is 7.07. The first kappa shape index (κ1) is 29.5. The van der Waals surface area contributed by atoms with Gasteiger partial charge in [0.15, 0.2) is 6.61 Å².